The molecule has 5 rings (SSSR count). The number of H-pyrrole nitrogens is 1. The molecule has 8 heteroatoms. The van der Waals surface area contributed by atoms with E-state index in [2.05, 4.69) is 21.8 Å². The monoisotopic (exact) mass is 422 g/mol. The van der Waals surface area contributed by atoms with E-state index in [1.807, 2.05) is 4.57 Å². The molecule has 1 N–H and O–H groups in total. The number of nitrogens with zero attached hydrogens (tertiary/aromatic N) is 3. The Morgan fingerprint density at radius 2 is 2.10 bits per heavy atom. The Labute approximate surface area is 177 Å². The average Bonchev–Trinajstić information content (AvgIpc) is 3.46. The summed E-state index contributed by atoms with van der Waals surface area (Å²) in [7, 11) is 0. The first-order valence-corrected chi connectivity index (χ1v) is 10.1. The van der Waals surface area contributed by atoms with Gasteiger partial charge >= 0.3 is 0 Å². The molecular weight excluding hydrogens is 402 g/mol. The van der Waals surface area contributed by atoms with Crippen LogP contribution in [0, 0.1) is 11.6 Å². The second-order valence-electron chi connectivity index (χ2n) is 7.36. The van der Waals surface area contributed by atoms with Gasteiger partial charge in [-0.15, -0.1) is 0 Å². The van der Waals surface area contributed by atoms with Gasteiger partial charge in [0.25, 0.3) is 0 Å². The van der Waals surface area contributed by atoms with E-state index in [0.717, 1.165) is 19.3 Å². The molecule has 0 aliphatic carbocycles. The summed E-state index contributed by atoms with van der Waals surface area (Å²) in [5.74, 6) is -0.739. The van der Waals surface area contributed by atoms with Crippen LogP contribution < -0.4 is 4.74 Å². The van der Waals surface area contributed by atoms with Crippen LogP contribution in [-0.4, -0.2) is 26.4 Å². The van der Waals surface area contributed by atoms with Gasteiger partial charge in [-0.1, -0.05) is 12.7 Å². The summed E-state index contributed by atoms with van der Waals surface area (Å²) < 4.78 is 43.0. The van der Waals surface area contributed by atoms with Crippen molar-refractivity contribution < 1.29 is 18.3 Å². The van der Waals surface area contributed by atoms with Crippen LogP contribution in [0.4, 0.5) is 8.78 Å². The van der Waals surface area contributed by atoms with E-state index >= 15 is 4.39 Å². The average molecular weight is 422 g/mol. The van der Waals surface area contributed by atoms with Gasteiger partial charge in [-0.05, 0) is 43.5 Å². The molecule has 6 nitrogen and oxygen atoms in total. The quantitative estimate of drug-likeness (QED) is 0.439. The molecule has 1 unspecified atom stereocenters. The molecule has 0 radical (unpaired) electrons. The van der Waals surface area contributed by atoms with E-state index in [0.29, 0.717) is 28.9 Å². The van der Waals surface area contributed by atoms with Crippen molar-refractivity contribution in [3.05, 3.63) is 66.6 Å². The van der Waals surface area contributed by atoms with Crippen molar-refractivity contribution >= 4 is 17.1 Å². The van der Waals surface area contributed by atoms with Crippen molar-refractivity contribution in [3.8, 4) is 22.8 Å². The predicted molar refractivity (Wildman–Crippen MR) is 113 cm³/mol. The minimum Gasteiger partial charge on any atom is -0.454 e. The summed E-state index contributed by atoms with van der Waals surface area (Å²) in [6, 6.07) is 7.24. The molecule has 1 aliphatic rings. The summed E-state index contributed by atoms with van der Waals surface area (Å²) in [5, 5.41) is 6.56. The highest BCUT2D eigenvalue weighted by Gasteiger charge is 2.23. The summed E-state index contributed by atoms with van der Waals surface area (Å²) in [6.07, 6.45) is 7.44. The zero-order valence-electron chi connectivity index (χ0n) is 16.6. The Bertz CT molecular complexity index is 1240. The molecule has 0 bridgehead atoms. The highest BCUT2D eigenvalue weighted by Crippen LogP contribution is 2.37. The third-order valence-corrected chi connectivity index (χ3v) is 5.43. The lowest BCUT2D eigenvalue weighted by Gasteiger charge is -2.24. The second kappa shape index (κ2) is 7.96. The number of hydrogen-bond donors (Lipinski definition) is 1. The van der Waals surface area contributed by atoms with Gasteiger partial charge in [-0.25, -0.2) is 13.8 Å². The molecular formula is C23H20F2N4O2. The Morgan fingerprint density at radius 3 is 2.84 bits per heavy atom. The van der Waals surface area contributed by atoms with Gasteiger partial charge in [0.1, 0.15) is 17.8 Å². The summed E-state index contributed by atoms with van der Waals surface area (Å²) in [6.45, 7) is 4.49. The normalized spacial score (nSPS) is 16.5. The van der Waals surface area contributed by atoms with E-state index < -0.39 is 11.6 Å². The number of nitrogens with one attached hydrogen (secondary N) is 1. The van der Waals surface area contributed by atoms with Crippen LogP contribution in [0.1, 0.15) is 31.1 Å². The second-order valence-corrected chi connectivity index (χ2v) is 7.36. The van der Waals surface area contributed by atoms with Crippen molar-refractivity contribution in [2.75, 3.05) is 6.61 Å². The Morgan fingerprint density at radius 1 is 1.19 bits per heavy atom. The zero-order valence-corrected chi connectivity index (χ0v) is 16.6. The summed E-state index contributed by atoms with van der Waals surface area (Å²) in [4.78, 5) is 4.47. The highest BCUT2D eigenvalue weighted by atomic mass is 19.1. The molecule has 4 aromatic rings. The Hall–Kier alpha value is -3.52. The van der Waals surface area contributed by atoms with E-state index in [1.54, 1.807) is 12.4 Å². The van der Waals surface area contributed by atoms with Crippen LogP contribution >= 0.6 is 0 Å². The van der Waals surface area contributed by atoms with Gasteiger partial charge in [0.05, 0.1) is 23.1 Å². The van der Waals surface area contributed by atoms with Gasteiger partial charge in [-0.3, -0.25) is 5.10 Å². The van der Waals surface area contributed by atoms with E-state index in [1.165, 1.54) is 36.5 Å². The summed E-state index contributed by atoms with van der Waals surface area (Å²) >= 11 is 0. The third-order valence-electron chi connectivity index (χ3n) is 5.43. The van der Waals surface area contributed by atoms with Crippen molar-refractivity contribution in [1.82, 2.24) is 19.7 Å². The van der Waals surface area contributed by atoms with Gasteiger partial charge < -0.3 is 14.0 Å². The maximum absolute atomic E-state index is 15.2. The van der Waals surface area contributed by atoms with Crippen molar-refractivity contribution in [1.29, 1.82) is 0 Å². The molecule has 2 aromatic carbocycles. The number of aromatic nitrogens is 4. The Kier molecular flexibility index (Phi) is 4.99. The number of fused-ring (bicyclic) bond motifs is 1. The van der Waals surface area contributed by atoms with E-state index in [4.69, 9.17) is 9.47 Å². The fourth-order valence-corrected chi connectivity index (χ4v) is 3.91. The molecule has 1 atom stereocenters. The fourth-order valence-electron chi connectivity index (χ4n) is 3.91. The van der Waals surface area contributed by atoms with Gasteiger partial charge in [0.15, 0.2) is 11.6 Å². The zero-order chi connectivity index (χ0) is 21.4. The maximum atomic E-state index is 15.2. The largest absolute Gasteiger partial charge is 0.454 e. The van der Waals surface area contributed by atoms with Crippen molar-refractivity contribution in [2.24, 2.45) is 0 Å². The first kappa shape index (κ1) is 19.4. The van der Waals surface area contributed by atoms with Crippen LogP contribution in [0.25, 0.3) is 28.4 Å². The number of benzene rings is 2. The first-order valence-electron chi connectivity index (χ1n) is 10.1. The number of imidazole rings is 1. The molecule has 31 heavy (non-hydrogen) atoms. The lowest BCUT2D eigenvalue weighted by atomic mass is 10.1. The van der Waals surface area contributed by atoms with Crippen molar-refractivity contribution in [2.45, 2.75) is 25.5 Å². The van der Waals surface area contributed by atoms with Gasteiger partial charge in [0.2, 0.25) is 0 Å². The van der Waals surface area contributed by atoms with Crippen LogP contribution in [-0.2, 0) is 4.74 Å². The maximum Gasteiger partial charge on any atom is 0.172 e. The molecule has 158 valence electrons. The molecule has 1 fully saturated rings. The standard InChI is InChI=1S/C23H20F2N4O2/c1-2-15-22-20(29(13-26-22)21-5-3-4-10-30-21)12-18(25)23(15)31-14-6-7-17(24)16(11-14)19-8-9-27-28-19/h2,6-9,11-13,21H,1,3-5,10H2,(H,27,28). The number of rotatable bonds is 5. The minimum atomic E-state index is -0.563. The first-order chi connectivity index (χ1) is 15.2. The third kappa shape index (κ3) is 3.48. The van der Waals surface area contributed by atoms with Crippen LogP contribution in [0.3, 0.4) is 0 Å². The fraction of sp³-hybridized carbons (Fsp3) is 0.217. The number of ether oxygens (including phenoxy) is 2. The van der Waals surface area contributed by atoms with Crippen LogP contribution in [0.15, 0.2) is 49.4 Å². The topological polar surface area (TPSA) is 65.0 Å². The van der Waals surface area contributed by atoms with Gasteiger partial charge in [0, 0.05) is 30.0 Å². The minimum absolute atomic E-state index is 0.0144. The molecule has 0 amide bonds. The van der Waals surface area contributed by atoms with Crippen molar-refractivity contribution in [3.63, 3.8) is 0 Å². The van der Waals surface area contributed by atoms with E-state index in [9.17, 15) is 4.39 Å². The predicted octanol–water partition coefficient (Wildman–Crippen LogP) is 5.84. The highest BCUT2D eigenvalue weighted by molar-refractivity contribution is 5.88. The molecule has 1 saturated heterocycles. The number of halogens is 2. The molecule has 1 aliphatic heterocycles. The van der Waals surface area contributed by atoms with E-state index in [-0.39, 0.29) is 23.3 Å². The lowest BCUT2D eigenvalue weighted by Crippen LogP contribution is -2.17. The lowest BCUT2D eigenvalue weighted by molar-refractivity contribution is -0.0295. The van der Waals surface area contributed by atoms with Crippen LogP contribution in [0.2, 0.25) is 0 Å². The van der Waals surface area contributed by atoms with Gasteiger partial charge in [-0.2, -0.15) is 5.10 Å². The summed E-state index contributed by atoms with van der Waals surface area (Å²) in [5.41, 5.74) is 2.38. The molecule has 2 aromatic heterocycles. The Balaban J connectivity index is 1.55. The molecule has 0 saturated carbocycles. The number of aromatic amines is 1. The molecule has 0 spiro atoms. The number of hydrogen-bond acceptors (Lipinski definition) is 4. The van der Waals surface area contributed by atoms with Crippen LogP contribution in [0.5, 0.6) is 11.5 Å². The SMILES string of the molecule is C=Cc1c(Oc2ccc(F)c(-c3ccn[nH]3)c2)c(F)cc2c1ncn2C1CCCCO1. The molecule has 3 heterocycles. The smallest absolute Gasteiger partial charge is 0.172 e.